The summed E-state index contributed by atoms with van der Waals surface area (Å²) in [5.74, 6) is -0.179. The smallest absolute Gasteiger partial charge is 0.308 e. The Kier molecular flexibility index (Phi) is 3.66. The SMILES string of the molecule is C[C@@H]1CN(Cc2nnnn2-c2ccccc2)C[C@H]1C(=O)O. The van der Waals surface area contributed by atoms with Gasteiger partial charge in [-0.3, -0.25) is 9.69 Å². The van der Waals surface area contributed by atoms with E-state index in [1.54, 1.807) is 4.68 Å². The summed E-state index contributed by atoms with van der Waals surface area (Å²) >= 11 is 0. The molecule has 7 heteroatoms. The van der Waals surface area contributed by atoms with Crippen molar-refractivity contribution in [2.45, 2.75) is 13.5 Å². The number of likely N-dealkylation sites (tertiary alicyclic amines) is 1. The maximum Gasteiger partial charge on any atom is 0.308 e. The average molecular weight is 287 g/mol. The molecule has 0 spiro atoms. The lowest BCUT2D eigenvalue weighted by Gasteiger charge is -2.14. The fourth-order valence-electron chi connectivity index (χ4n) is 2.79. The van der Waals surface area contributed by atoms with Crippen molar-refractivity contribution in [3.05, 3.63) is 36.2 Å². The zero-order valence-electron chi connectivity index (χ0n) is 11.8. The number of carboxylic acid groups (broad SMARTS) is 1. The average Bonchev–Trinajstić information content (AvgIpc) is 3.07. The van der Waals surface area contributed by atoms with Crippen LogP contribution in [0.5, 0.6) is 0 Å². The van der Waals surface area contributed by atoms with Gasteiger partial charge >= 0.3 is 5.97 Å². The van der Waals surface area contributed by atoms with Crippen LogP contribution in [0.1, 0.15) is 12.7 Å². The van der Waals surface area contributed by atoms with Crippen molar-refractivity contribution in [3.8, 4) is 5.69 Å². The quantitative estimate of drug-likeness (QED) is 0.896. The van der Waals surface area contributed by atoms with E-state index in [2.05, 4.69) is 20.4 Å². The summed E-state index contributed by atoms with van der Waals surface area (Å²) in [6.45, 7) is 3.81. The molecule has 3 rings (SSSR count). The first-order valence-corrected chi connectivity index (χ1v) is 6.93. The van der Waals surface area contributed by atoms with Crippen molar-refractivity contribution >= 4 is 5.97 Å². The molecule has 110 valence electrons. The molecule has 0 radical (unpaired) electrons. The van der Waals surface area contributed by atoms with Gasteiger partial charge in [-0.15, -0.1) is 5.10 Å². The summed E-state index contributed by atoms with van der Waals surface area (Å²) in [6, 6.07) is 9.67. The second-order valence-corrected chi connectivity index (χ2v) is 5.46. The molecular weight excluding hydrogens is 270 g/mol. The molecule has 1 aromatic heterocycles. The van der Waals surface area contributed by atoms with Crippen molar-refractivity contribution in [1.29, 1.82) is 0 Å². The molecule has 0 unspecified atom stereocenters. The second-order valence-electron chi connectivity index (χ2n) is 5.46. The number of nitrogens with zero attached hydrogens (tertiary/aromatic N) is 5. The highest BCUT2D eigenvalue weighted by Gasteiger charge is 2.35. The van der Waals surface area contributed by atoms with Crippen molar-refractivity contribution in [2.75, 3.05) is 13.1 Å². The van der Waals surface area contributed by atoms with Gasteiger partial charge in [-0.2, -0.15) is 4.68 Å². The number of rotatable bonds is 4. The van der Waals surface area contributed by atoms with Crippen molar-refractivity contribution in [2.24, 2.45) is 11.8 Å². The van der Waals surface area contributed by atoms with Crippen LogP contribution < -0.4 is 0 Å². The number of benzene rings is 1. The van der Waals surface area contributed by atoms with E-state index in [4.69, 9.17) is 0 Å². The van der Waals surface area contributed by atoms with Crippen molar-refractivity contribution < 1.29 is 9.90 Å². The normalized spacial score (nSPS) is 22.5. The van der Waals surface area contributed by atoms with Gasteiger partial charge in [0.05, 0.1) is 18.2 Å². The van der Waals surface area contributed by atoms with Gasteiger partial charge in [-0.05, 0) is 28.5 Å². The number of hydrogen-bond donors (Lipinski definition) is 1. The van der Waals surface area contributed by atoms with E-state index in [0.717, 1.165) is 18.1 Å². The molecule has 1 saturated heterocycles. The molecule has 1 N–H and O–H groups in total. The Morgan fingerprint density at radius 2 is 2.10 bits per heavy atom. The molecule has 0 bridgehead atoms. The predicted octanol–water partition coefficient (Wildman–Crippen LogP) is 0.815. The Labute approximate surface area is 122 Å². The zero-order chi connectivity index (χ0) is 14.8. The van der Waals surface area contributed by atoms with Crippen LogP contribution in [0, 0.1) is 11.8 Å². The lowest BCUT2D eigenvalue weighted by molar-refractivity contribution is -0.142. The van der Waals surface area contributed by atoms with E-state index in [1.165, 1.54) is 0 Å². The van der Waals surface area contributed by atoms with E-state index in [-0.39, 0.29) is 11.8 Å². The Morgan fingerprint density at radius 3 is 2.76 bits per heavy atom. The van der Waals surface area contributed by atoms with Gasteiger partial charge in [0.15, 0.2) is 5.82 Å². The third-order valence-electron chi connectivity index (χ3n) is 3.91. The summed E-state index contributed by atoms with van der Waals surface area (Å²) in [5.41, 5.74) is 0.902. The first-order chi connectivity index (χ1) is 10.1. The van der Waals surface area contributed by atoms with E-state index < -0.39 is 5.97 Å². The third kappa shape index (κ3) is 2.78. The fourth-order valence-corrected chi connectivity index (χ4v) is 2.79. The molecule has 0 saturated carbocycles. The Morgan fingerprint density at radius 1 is 1.33 bits per heavy atom. The van der Waals surface area contributed by atoms with Crippen LogP contribution in [0.3, 0.4) is 0 Å². The topological polar surface area (TPSA) is 84.1 Å². The minimum atomic E-state index is -0.729. The van der Waals surface area contributed by atoms with Crippen LogP contribution in [0.15, 0.2) is 30.3 Å². The molecule has 0 amide bonds. The van der Waals surface area contributed by atoms with Crippen LogP contribution in [-0.4, -0.2) is 49.3 Å². The molecular formula is C14H17N5O2. The molecule has 2 heterocycles. The highest BCUT2D eigenvalue weighted by Crippen LogP contribution is 2.24. The summed E-state index contributed by atoms with van der Waals surface area (Å²) in [4.78, 5) is 13.3. The molecule has 1 aromatic carbocycles. The molecule has 1 aliphatic rings. The largest absolute Gasteiger partial charge is 0.481 e. The molecule has 1 fully saturated rings. The Balaban J connectivity index is 1.76. The number of carbonyl (C=O) groups is 1. The van der Waals surface area contributed by atoms with Gasteiger partial charge in [0.25, 0.3) is 0 Å². The third-order valence-corrected chi connectivity index (χ3v) is 3.91. The highest BCUT2D eigenvalue weighted by atomic mass is 16.4. The van der Waals surface area contributed by atoms with Crippen molar-refractivity contribution in [3.63, 3.8) is 0 Å². The van der Waals surface area contributed by atoms with Crippen LogP contribution in [-0.2, 0) is 11.3 Å². The molecule has 7 nitrogen and oxygen atoms in total. The van der Waals surface area contributed by atoms with Crippen LogP contribution in [0.25, 0.3) is 5.69 Å². The number of aliphatic carboxylic acids is 1. The minimum Gasteiger partial charge on any atom is -0.481 e. The van der Waals surface area contributed by atoms with Crippen LogP contribution in [0.2, 0.25) is 0 Å². The van der Waals surface area contributed by atoms with Crippen LogP contribution in [0.4, 0.5) is 0 Å². The van der Waals surface area contributed by atoms with E-state index in [0.29, 0.717) is 13.1 Å². The standard InChI is InChI=1S/C14H17N5O2/c1-10-7-18(8-12(10)14(20)21)9-13-15-16-17-19(13)11-5-3-2-4-6-11/h2-6,10,12H,7-9H2,1H3,(H,20,21)/t10-,12-/m1/s1. The maximum atomic E-state index is 11.2. The summed E-state index contributed by atoms with van der Waals surface area (Å²) < 4.78 is 1.69. The number of para-hydroxylation sites is 1. The first kappa shape index (κ1) is 13.7. The van der Waals surface area contributed by atoms with Crippen LogP contribution >= 0.6 is 0 Å². The van der Waals surface area contributed by atoms with Crippen molar-refractivity contribution in [1.82, 2.24) is 25.1 Å². The maximum absolute atomic E-state index is 11.2. The van der Waals surface area contributed by atoms with Gasteiger partial charge in [-0.1, -0.05) is 25.1 Å². The summed E-state index contributed by atoms with van der Waals surface area (Å²) in [7, 11) is 0. The summed E-state index contributed by atoms with van der Waals surface area (Å²) in [5, 5.41) is 21.0. The van der Waals surface area contributed by atoms with Gasteiger partial charge in [0.1, 0.15) is 0 Å². The lowest BCUT2D eigenvalue weighted by atomic mass is 9.99. The number of tetrazole rings is 1. The Hall–Kier alpha value is -2.28. The van der Waals surface area contributed by atoms with Gasteiger partial charge < -0.3 is 5.11 Å². The van der Waals surface area contributed by atoms with Gasteiger partial charge in [-0.25, -0.2) is 0 Å². The number of hydrogen-bond acceptors (Lipinski definition) is 5. The zero-order valence-corrected chi connectivity index (χ0v) is 11.8. The minimum absolute atomic E-state index is 0.142. The molecule has 2 atom stereocenters. The lowest BCUT2D eigenvalue weighted by Crippen LogP contribution is -2.24. The molecule has 1 aliphatic heterocycles. The molecule has 0 aliphatic carbocycles. The molecule has 21 heavy (non-hydrogen) atoms. The van der Waals surface area contributed by atoms with E-state index in [9.17, 15) is 9.90 Å². The predicted molar refractivity (Wildman–Crippen MR) is 74.7 cm³/mol. The number of aromatic nitrogens is 4. The highest BCUT2D eigenvalue weighted by molar-refractivity contribution is 5.71. The first-order valence-electron chi connectivity index (χ1n) is 6.93. The second kappa shape index (κ2) is 5.61. The fraction of sp³-hybridized carbons (Fsp3) is 0.429. The van der Waals surface area contributed by atoms with Gasteiger partial charge in [0, 0.05) is 13.1 Å². The Bertz CT molecular complexity index is 627. The monoisotopic (exact) mass is 287 g/mol. The molecule has 2 aromatic rings. The number of carboxylic acids is 1. The van der Waals surface area contributed by atoms with Gasteiger partial charge in [0.2, 0.25) is 0 Å². The van der Waals surface area contributed by atoms with E-state index in [1.807, 2.05) is 37.3 Å². The van der Waals surface area contributed by atoms with E-state index >= 15 is 0 Å². The summed E-state index contributed by atoms with van der Waals surface area (Å²) in [6.07, 6.45) is 0.